The molecular weight excluding hydrogens is 386 g/mol. The highest BCUT2D eigenvalue weighted by Crippen LogP contribution is 2.28. The maximum atomic E-state index is 13.4. The first kappa shape index (κ1) is 20.9. The van der Waals surface area contributed by atoms with Crippen LogP contribution in [0.5, 0.6) is 0 Å². The molecule has 0 saturated heterocycles. The van der Waals surface area contributed by atoms with Crippen molar-refractivity contribution >= 4 is 33.4 Å². The molecule has 0 radical (unpaired) electrons. The normalized spacial score (nSPS) is 11.6. The fraction of sp³-hybridized carbons (Fsp3) is 0.308. The molecule has 2 aromatic heterocycles. The molecule has 31 heavy (non-hydrogen) atoms. The van der Waals surface area contributed by atoms with Crippen molar-refractivity contribution in [2.75, 3.05) is 11.9 Å². The molecule has 2 aromatic carbocycles. The third-order valence-corrected chi connectivity index (χ3v) is 6.29. The number of benzene rings is 2. The van der Waals surface area contributed by atoms with E-state index >= 15 is 0 Å². The van der Waals surface area contributed by atoms with E-state index in [1.54, 1.807) is 22.6 Å². The Morgan fingerprint density at radius 1 is 1.03 bits per heavy atom. The van der Waals surface area contributed by atoms with Crippen molar-refractivity contribution in [2.24, 2.45) is 7.05 Å². The number of rotatable bonds is 4. The Morgan fingerprint density at radius 2 is 1.77 bits per heavy atom. The van der Waals surface area contributed by atoms with Crippen LogP contribution in [0.3, 0.4) is 0 Å². The number of aryl methyl sites for hydroxylation is 3. The number of carbonyl (C=O) groups is 1. The molecule has 0 fully saturated rings. The molecule has 2 heterocycles. The first-order valence-corrected chi connectivity index (χ1v) is 10.7. The fourth-order valence-electron chi connectivity index (χ4n) is 4.32. The van der Waals surface area contributed by atoms with Crippen LogP contribution in [-0.2, 0) is 13.6 Å². The zero-order valence-electron chi connectivity index (χ0n) is 19.1. The largest absolute Gasteiger partial charge is 0.348 e. The molecule has 4 rings (SSSR count). The van der Waals surface area contributed by atoms with Gasteiger partial charge in [-0.1, -0.05) is 19.9 Å². The number of nitrogens with zero attached hydrogens (tertiary/aromatic N) is 3. The Bertz CT molecular complexity index is 1380. The first-order valence-electron chi connectivity index (χ1n) is 10.7. The van der Waals surface area contributed by atoms with Crippen LogP contribution in [0.25, 0.3) is 21.8 Å². The first-order chi connectivity index (χ1) is 14.7. The molecule has 0 spiro atoms. The van der Waals surface area contributed by atoms with Gasteiger partial charge in [0.1, 0.15) is 0 Å². The van der Waals surface area contributed by atoms with Gasteiger partial charge in [0.25, 0.3) is 11.5 Å². The number of anilines is 1. The number of fused-ring (bicyclic) bond motifs is 2. The number of hydrogen-bond donors (Lipinski definition) is 0. The molecule has 0 aliphatic rings. The molecule has 4 aromatic rings. The molecule has 0 unspecified atom stereocenters. The molecule has 0 bridgehead atoms. The van der Waals surface area contributed by atoms with Gasteiger partial charge in [-0.05, 0) is 67.1 Å². The lowest BCUT2D eigenvalue weighted by Gasteiger charge is -2.20. The standard InChI is InChI=1S/C26H29N3O2/c1-7-29-23-11-9-19(13-22(23)21(16(2)3)15-25(29)30)26(31)28(6)20-10-8-18-12-17(4)27(5)24(18)14-20/h8-16H,7H2,1-6H3. The highest BCUT2D eigenvalue weighted by molar-refractivity contribution is 6.08. The van der Waals surface area contributed by atoms with Crippen molar-refractivity contribution in [1.82, 2.24) is 9.13 Å². The van der Waals surface area contributed by atoms with Crippen LogP contribution in [0.4, 0.5) is 5.69 Å². The van der Waals surface area contributed by atoms with Crippen LogP contribution in [0.2, 0.25) is 0 Å². The Labute approximate surface area is 182 Å². The summed E-state index contributed by atoms with van der Waals surface area (Å²) >= 11 is 0. The van der Waals surface area contributed by atoms with Gasteiger partial charge in [-0.15, -0.1) is 0 Å². The Hall–Kier alpha value is -3.34. The van der Waals surface area contributed by atoms with Crippen LogP contribution in [0.15, 0.2) is 53.3 Å². The van der Waals surface area contributed by atoms with E-state index in [0.717, 1.165) is 33.1 Å². The van der Waals surface area contributed by atoms with E-state index in [2.05, 4.69) is 43.5 Å². The average molecular weight is 416 g/mol. The number of amides is 1. The number of aromatic nitrogens is 2. The summed E-state index contributed by atoms with van der Waals surface area (Å²) < 4.78 is 3.89. The van der Waals surface area contributed by atoms with Gasteiger partial charge in [0.05, 0.1) is 11.0 Å². The average Bonchev–Trinajstić information content (AvgIpc) is 3.04. The second-order valence-corrected chi connectivity index (χ2v) is 8.52. The van der Waals surface area contributed by atoms with E-state index < -0.39 is 0 Å². The van der Waals surface area contributed by atoms with Crippen LogP contribution < -0.4 is 10.5 Å². The second-order valence-electron chi connectivity index (χ2n) is 8.52. The Balaban J connectivity index is 1.80. The van der Waals surface area contributed by atoms with Crippen LogP contribution in [-0.4, -0.2) is 22.1 Å². The van der Waals surface area contributed by atoms with E-state index in [1.165, 1.54) is 5.69 Å². The summed E-state index contributed by atoms with van der Waals surface area (Å²) in [4.78, 5) is 27.6. The summed E-state index contributed by atoms with van der Waals surface area (Å²) in [5.74, 6) is 0.115. The van der Waals surface area contributed by atoms with E-state index in [-0.39, 0.29) is 17.4 Å². The van der Waals surface area contributed by atoms with Gasteiger partial charge >= 0.3 is 0 Å². The summed E-state index contributed by atoms with van der Waals surface area (Å²) in [6.07, 6.45) is 0. The zero-order valence-corrected chi connectivity index (χ0v) is 19.1. The van der Waals surface area contributed by atoms with E-state index in [1.807, 2.05) is 38.2 Å². The third-order valence-electron chi connectivity index (χ3n) is 6.29. The van der Waals surface area contributed by atoms with Crippen molar-refractivity contribution in [2.45, 2.75) is 40.2 Å². The summed E-state index contributed by atoms with van der Waals surface area (Å²) in [6.45, 7) is 8.78. The topological polar surface area (TPSA) is 47.2 Å². The van der Waals surface area contributed by atoms with E-state index in [9.17, 15) is 9.59 Å². The molecule has 160 valence electrons. The van der Waals surface area contributed by atoms with Crippen molar-refractivity contribution < 1.29 is 4.79 Å². The summed E-state index contributed by atoms with van der Waals surface area (Å²) in [5.41, 5.74) is 5.59. The van der Waals surface area contributed by atoms with Gasteiger partial charge in [0.2, 0.25) is 0 Å². The van der Waals surface area contributed by atoms with Crippen molar-refractivity contribution in [1.29, 1.82) is 0 Å². The predicted octanol–water partition coefficient (Wildman–Crippen LogP) is 5.22. The van der Waals surface area contributed by atoms with Gasteiger partial charge in [-0.2, -0.15) is 0 Å². The molecule has 0 N–H and O–H groups in total. The summed E-state index contributed by atoms with van der Waals surface area (Å²) in [7, 11) is 3.84. The monoisotopic (exact) mass is 415 g/mol. The summed E-state index contributed by atoms with van der Waals surface area (Å²) in [5, 5.41) is 2.12. The summed E-state index contributed by atoms with van der Waals surface area (Å²) in [6, 6.07) is 15.6. The van der Waals surface area contributed by atoms with Crippen molar-refractivity contribution in [3.05, 3.63) is 75.7 Å². The molecule has 5 heteroatoms. The van der Waals surface area contributed by atoms with Crippen LogP contribution >= 0.6 is 0 Å². The van der Waals surface area contributed by atoms with Gasteiger partial charge < -0.3 is 14.0 Å². The number of carbonyl (C=O) groups excluding carboxylic acids is 1. The van der Waals surface area contributed by atoms with Gasteiger partial charge in [-0.25, -0.2) is 0 Å². The minimum atomic E-state index is -0.0730. The lowest BCUT2D eigenvalue weighted by Crippen LogP contribution is -2.26. The van der Waals surface area contributed by atoms with E-state index in [4.69, 9.17) is 0 Å². The molecule has 1 amide bonds. The maximum Gasteiger partial charge on any atom is 0.258 e. The quantitative estimate of drug-likeness (QED) is 0.459. The number of pyridine rings is 1. The van der Waals surface area contributed by atoms with Crippen LogP contribution in [0.1, 0.15) is 48.3 Å². The van der Waals surface area contributed by atoms with Crippen molar-refractivity contribution in [3.8, 4) is 0 Å². The molecule has 0 atom stereocenters. The SMILES string of the molecule is CCn1c(=O)cc(C(C)C)c2cc(C(=O)N(C)c3ccc4cc(C)n(C)c4c3)ccc21. The third kappa shape index (κ3) is 3.44. The predicted molar refractivity (Wildman–Crippen MR) is 128 cm³/mol. The second kappa shape index (κ2) is 7.73. The van der Waals surface area contributed by atoms with Crippen molar-refractivity contribution in [3.63, 3.8) is 0 Å². The van der Waals surface area contributed by atoms with Gasteiger partial charge in [0, 0.05) is 49.0 Å². The minimum Gasteiger partial charge on any atom is -0.348 e. The highest BCUT2D eigenvalue weighted by Gasteiger charge is 2.18. The molecule has 5 nitrogen and oxygen atoms in total. The molecule has 0 saturated carbocycles. The molecule has 0 aliphatic heterocycles. The molecule has 0 aliphatic carbocycles. The maximum absolute atomic E-state index is 13.4. The zero-order chi connectivity index (χ0) is 22.4. The minimum absolute atomic E-state index is 0.000980. The van der Waals surface area contributed by atoms with Crippen LogP contribution in [0, 0.1) is 6.92 Å². The van der Waals surface area contributed by atoms with Gasteiger partial charge in [0.15, 0.2) is 0 Å². The highest BCUT2D eigenvalue weighted by atomic mass is 16.2. The number of hydrogen-bond acceptors (Lipinski definition) is 2. The fourth-order valence-corrected chi connectivity index (χ4v) is 4.32. The van der Waals surface area contributed by atoms with Gasteiger partial charge in [-0.3, -0.25) is 9.59 Å². The molecular formula is C26H29N3O2. The van der Waals surface area contributed by atoms with E-state index in [0.29, 0.717) is 12.1 Å². The smallest absolute Gasteiger partial charge is 0.258 e. The Morgan fingerprint density at radius 3 is 2.45 bits per heavy atom. The Kier molecular flexibility index (Phi) is 5.21. The lowest BCUT2D eigenvalue weighted by atomic mass is 9.97. The lowest BCUT2D eigenvalue weighted by molar-refractivity contribution is 0.0993.